The summed E-state index contributed by atoms with van der Waals surface area (Å²) in [4.78, 5) is 1.88. The zero-order chi connectivity index (χ0) is 10.4. The lowest BCUT2D eigenvalue weighted by atomic mass is 10.3. The van der Waals surface area contributed by atoms with Crippen molar-refractivity contribution >= 4 is 17.3 Å². The van der Waals surface area contributed by atoms with Crippen LogP contribution >= 0.6 is 11.6 Å². The number of benzene rings is 1. The van der Waals surface area contributed by atoms with Gasteiger partial charge in [-0.25, -0.2) is 0 Å². The molecule has 0 aromatic heterocycles. The molecule has 78 valence electrons. The van der Waals surface area contributed by atoms with Gasteiger partial charge >= 0.3 is 0 Å². The van der Waals surface area contributed by atoms with Crippen LogP contribution in [-0.2, 0) is 0 Å². The van der Waals surface area contributed by atoms with Crippen LogP contribution in [0.5, 0.6) is 0 Å². The number of hydrogen-bond donors (Lipinski definition) is 2. The molecule has 1 rings (SSSR count). The number of hydrogen-bond acceptors (Lipinski definition) is 3. The van der Waals surface area contributed by atoms with E-state index in [9.17, 15) is 0 Å². The molecule has 0 saturated carbocycles. The molecule has 1 aromatic rings. The molecule has 0 aliphatic heterocycles. The van der Waals surface area contributed by atoms with Crippen LogP contribution in [-0.4, -0.2) is 36.5 Å². The zero-order valence-electron chi connectivity index (χ0n) is 7.86. The Kier molecular flexibility index (Phi) is 4.73. The number of rotatable bonds is 5. The Bertz CT molecular complexity index is 275. The first-order valence-corrected chi connectivity index (χ1v) is 4.88. The second kappa shape index (κ2) is 5.86. The monoisotopic (exact) mass is 215 g/mol. The van der Waals surface area contributed by atoms with Crippen molar-refractivity contribution in [1.82, 2.24) is 0 Å². The lowest BCUT2D eigenvalue weighted by Crippen LogP contribution is -2.29. The third-order valence-electron chi connectivity index (χ3n) is 1.91. The summed E-state index contributed by atoms with van der Waals surface area (Å²) < 4.78 is 0. The summed E-state index contributed by atoms with van der Waals surface area (Å²) in [6, 6.07) is 7.35. The molecule has 2 N–H and O–H groups in total. The molecular formula is C10H14ClNO2. The maximum atomic E-state index is 8.84. The maximum Gasteiger partial charge on any atom is 0.0606 e. The topological polar surface area (TPSA) is 43.7 Å². The highest BCUT2D eigenvalue weighted by atomic mass is 35.5. The summed E-state index contributed by atoms with van der Waals surface area (Å²) in [5.74, 6) is 0. The van der Waals surface area contributed by atoms with E-state index in [0.717, 1.165) is 5.69 Å². The van der Waals surface area contributed by atoms with Crippen LogP contribution in [0.4, 0.5) is 5.69 Å². The van der Waals surface area contributed by atoms with Crippen molar-refractivity contribution in [3.05, 3.63) is 29.3 Å². The maximum absolute atomic E-state index is 8.84. The van der Waals surface area contributed by atoms with Crippen LogP contribution in [0.2, 0.25) is 5.02 Å². The average molecular weight is 216 g/mol. The highest BCUT2D eigenvalue weighted by Gasteiger charge is 2.04. The van der Waals surface area contributed by atoms with Crippen molar-refractivity contribution in [3.63, 3.8) is 0 Å². The van der Waals surface area contributed by atoms with E-state index in [2.05, 4.69) is 0 Å². The first-order chi connectivity index (χ1) is 6.77. The molecule has 1 aromatic carbocycles. The number of aliphatic hydroxyl groups is 2. The van der Waals surface area contributed by atoms with Gasteiger partial charge in [0.2, 0.25) is 0 Å². The van der Waals surface area contributed by atoms with Crippen LogP contribution in [0.25, 0.3) is 0 Å². The summed E-state index contributed by atoms with van der Waals surface area (Å²) in [7, 11) is 0. The van der Waals surface area contributed by atoms with Crippen molar-refractivity contribution in [2.45, 2.75) is 0 Å². The number of halogens is 1. The van der Waals surface area contributed by atoms with Crippen molar-refractivity contribution in [1.29, 1.82) is 0 Å². The van der Waals surface area contributed by atoms with E-state index in [1.165, 1.54) is 0 Å². The van der Waals surface area contributed by atoms with Crippen LogP contribution in [0.1, 0.15) is 0 Å². The molecule has 14 heavy (non-hydrogen) atoms. The van der Waals surface area contributed by atoms with E-state index >= 15 is 0 Å². The van der Waals surface area contributed by atoms with E-state index in [1.807, 2.05) is 23.1 Å². The largest absolute Gasteiger partial charge is 0.395 e. The highest BCUT2D eigenvalue weighted by molar-refractivity contribution is 6.30. The number of nitrogens with zero attached hydrogens (tertiary/aromatic N) is 1. The molecule has 0 saturated heterocycles. The summed E-state index contributed by atoms with van der Waals surface area (Å²) in [6.07, 6.45) is 0. The van der Waals surface area contributed by atoms with Gasteiger partial charge in [-0.15, -0.1) is 0 Å². The molecule has 0 bridgehead atoms. The SMILES string of the molecule is OCCN(CCO)c1cccc(Cl)c1. The number of aliphatic hydroxyl groups excluding tert-OH is 2. The molecule has 3 nitrogen and oxygen atoms in total. The van der Waals surface area contributed by atoms with Gasteiger partial charge in [-0.1, -0.05) is 17.7 Å². The second-order valence-corrected chi connectivity index (χ2v) is 3.35. The van der Waals surface area contributed by atoms with Crippen LogP contribution in [0.3, 0.4) is 0 Å². The van der Waals surface area contributed by atoms with Gasteiger partial charge in [0.25, 0.3) is 0 Å². The first kappa shape index (κ1) is 11.3. The third-order valence-corrected chi connectivity index (χ3v) is 2.15. The Morgan fingerprint density at radius 3 is 2.29 bits per heavy atom. The van der Waals surface area contributed by atoms with Gasteiger partial charge < -0.3 is 15.1 Å². The van der Waals surface area contributed by atoms with E-state index < -0.39 is 0 Å². The second-order valence-electron chi connectivity index (χ2n) is 2.91. The minimum atomic E-state index is 0.0620. The van der Waals surface area contributed by atoms with Gasteiger partial charge in [-0.2, -0.15) is 0 Å². The molecule has 0 spiro atoms. The molecule has 0 fully saturated rings. The van der Waals surface area contributed by atoms with E-state index in [-0.39, 0.29) is 13.2 Å². The first-order valence-electron chi connectivity index (χ1n) is 4.50. The Morgan fingerprint density at radius 2 is 1.79 bits per heavy atom. The minimum absolute atomic E-state index is 0.0620. The van der Waals surface area contributed by atoms with Crippen molar-refractivity contribution in [2.24, 2.45) is 0 Å². The van der Waals surface area contributed by atoms with Gasteiger partial charge in [0, 0.05) is 23.8 Å². The fraction of sp³-hybridized carbons (Fsp3) is 0.400. The fourth-order valence-corrected chi connectivity index (χ4v) is 1.47. The normalized spacial score (nSPS) is 10.2. The molecular weight excluding hydrogens is 202 g/mol. The molecule has 4 heteroatoms. The van der Waals surface area contributed by atoms with Crippen molar-refractivity contribution in [2.75, 3.05) is 31.2 Å². The molecule has 0 aliphatic carbocycles. The highest BCUT2D eigenvalue weighted by Crippen LogP contribution is 2.18. The Labute approximate surface area is 88.5 Å². The number of anilines is 1. The molecule has 0 aliphatic rings. The van der Waals surface area contributed by atoms with Gasteiger partial charge in [-0.3, -0.25) is 0 Å². The van der Waals surface area contributed by atoms with Gasteiger partial charge in [0.05, 0.1) is 13.2 Å². The van der Waals surface area contributed by atoms with Gasteiger partial charge in [0.1, 0.15) is 0 Å². The molecule has 0 amide bonds. The summed E-state index contributed by atoms with van der Waals surface area (Å²) in [5, 5.41) is 18.3. The Hall–Kier alpha value is -0.770. The summed E-state index contributed by atoms with van der Waals surface area (Å²) in [5.41, 5.74) is 0.917. The van der Waals surface area contributed by atoms with Gasteiger partial charge in [0.15, 0.2) is 0 Å². The van der Waals surface area contributed by atoms with E-state index in [1.54, 1.807) is 6.07 Å². The lowest BCUT2D eigenvalue weighted by molar-refractivity contribution is 0.281. The standard InChI is InChI=1S/C10H14ClNO2/c11-9-2-1-3-10(8-9)12(4-6-13)5-7-14/h1-3,8,13-14H,4-7H2. The lowest BCUT2D eigenvalue weighted by Gasteiger charge is -2.22. The quantitative estimate of drug-likeness (QED) is 0.774. The van der Waals surface area contributed by atoms with Crippen LogP contribution in [0, 0.1) is 0 Å². The summed E-state index contributed by atoms with van der Waals surface area (Å²) in [6.45, 7) is 1.13. The molecule has 0 atom stereocenters. The molecule has 0 heterocycles. The van der Waals surface area contributed by atoms with E-state index in [0.29, 0.717) is 18.1 Å². The zero-order valence-corrected chi connectivity index (χ0v) is 8.61. The van der Waals surface area contributed by atoms with Crippen molar-refractivity contribution < 1.29 is 10.2 Å². The fourth-order valence-electron chi connectivity index (χ4n) is 1.28. The third kappa shape index (κ3) is 3.18. The molecule has 0 radical (unpaired) electrons. The van der Waals surface area contributed by atoms with Gasteiger partial charge in [-0.05, 0) is 18.2 Å². The Balaban J connectivity index is 2.75. The van der Waals surface area contributed by atoms with Crippen LogP contribution < -0.4 is 4.90 Å². The minimum Gasteiger partial charge on any atom is -0.395 e. The van der Waals surface area contributed by atoms with Crippen molar-refractivity contribution in [3.8, 4) is 0 Å². The smallest absolute Gasteiger partial charge is 0.0606 e. The predicted molar refractivity (Wildman–Crippen MR) is 57.8 cm³/mol. The predicted octanol–water partition coefficient (Wildman–Crippen LogP) is 1.13. The Morgan fingerprint density at radius 1 is 1.14 bits per heavy atom. The molecule has 0 unspecified atom stereocenters. The van der Waals surface area contributed by atoms with Crippen LogP contribution in [0.15, 0.2) is 24.3 Å². The van der Waals surface area contributed by atoms with E-state index in [4.69, 9.17) is 21.8 Å². The summed E-state index contributed by atoms with van der Waals surface area (Å²) >= 11 is 5.84. The average Bonchev–Trinajstić information content (AvgIpc) is 2.17.